The zero-order valence-electron chi connectivity index (χ0n) is 10.9. The van der Waals surface area contributed by atoms with Gasteiger partial charge in [-0.15, -0.1) is 11.3 Å². The molecule has 0 saturated carbocycles. The predicted octanol–water partition coefficient (Wildman–Crippen LogP) is 6.05. The number of aromatic nitrogens is 1. The van der Waals surface area contributed by atoms with E-state index in [-0.39, 0.29) is 4.83 Å². The van der Waals surface area contributed by atoms with Crippen LogP contribution < -0.4 is 0 Å². The van der Waals surface area contributed by atoms with Crippen LogP contribution in [-0.4, -0.2) is 4.98 Å². The van der Waals surface area contributed by atoms with Crippen molar-refractivity contribution in [2.24, 2.45) is 0 Å². The van der Waals surface area contributed by atoms with Crippen LogP contribution in [0.4, 0.5) is 0 Å². The Bertz CT molecular complexity index is 718. The molecule has 0 aliphatic heterocycles. The number of hydrogen-bond donors (Lipinski definition) is 0. The fourth-order valence-electron chi connectivity index (χ4n) is 2.18. The smallest absolute Gasteiger partial charge is 0.0953 e. The summed E-state index contributed by atoms with van der Waals surface area (Å²) in [5.41, 5.74) is 3.64. The summed E-state index contributed by atoms with van der Waals surface area (Å²) < 4.78 is 2.44. The van der Waals surface area contributed by atoms with Crippen molar-refractivity contribution in [1.29, 1.82) is 0 Å². The van der Waals surface area contributed by atoms with Gasteiger partial charge in [0.1, 0.15) is 0 Å². The molecule has 0 bridgehead atoms. The van der Waals surface area contributed by atoms with Crippen molar-refractivity contribution in [3.05, 3.63) is 63.1 Å². The first-order chi connectivity index (χ1) is 9.65. The minimum atomic E-state index is 0.275. The molecule has 0 aliphatic carbocycles. The largest absolute Gasteiger partial charge is 0.241 e. The third-order valence-electron chi connectivity index (χ3n) is 3.25. The van der Waals surface area contributed by atoms with E-state index in [4.69, 9.17) is 4.98 Å². The topological polar surface area (TPSA) is 12.9 Å². The first-order valence-electron chi connectivity index (χ1n) is 6.38. The summed E-state index contributed by atoms with van der Waals surface area (Å²) in [6.07, 6.45) is 0.904. The van der Waals surface area contributed by atoms with Gasteiger partial charge in [-0.2, -0.15) is 0 Å². The SMILES string of the molecule is Cc1cccc(C(Br)Cc2nc3ccccc3s2)c1Br. The molecular formula is C16H13Br2NS. The Balaban J connectivity index is 1.88. The average Bonchev–Trinajstić information content (AvgIpc) is 2.83. The summed E-state index contributed by atoms with van der Waals surface area (Å²) in [7, 11) is 0. The number of halogens is 2. The normalized spacial score (nSPS) is 12.8. The Kier molecular flexibility index (Phi) is 4.24. The van der Waals surface area contributed by atoms with Crippen molar-refractivity contribution in [1.82, 2.24) is 4.98 Å². The summed E-state index contributed by atoms with van der Waals surface area (Å²) in [5.74, 6) is 0. The molecule has 4 heteroatoms. The van der Waals surface area contributed by atoms with E-state index in [2.05, 4.69) is 75.2 Å². The monoisotopic (exact) mass is 409 g/mol. The number of hydrogen-bond acceptors (Lipinski definition) is 2. The van der Waals surface area contributed by atoms with Crippen molar-refractivity contribution in [3.63, 3.8) is 0 Å². The van der Waals surface area contributed by atoms with Gasteiger partial charge in [0.15, 0.2) is 0 Å². The van der Waals surface area contributed by atoms with Gasteiger partial charge in [0, 0.05) is 15.7 Å². The van der Waals surface area contributed by atoms with Crippen molar-refractivity contribution in [3.8, 4) is 0 Å². The highest BCUT2D eigenvalue weighted by molar-refractivity contribution is 9.11. The van der Waals surface area contributed by atoms with E-state index in [0.29, 0.717) is 0 Å². The fourth-order valence-corrected chi connectivity index (χ4v) is 4.95. The quantitative estimate of drug-likeness (QED) is 0.479. The first kappa shape index (κ1) is 14.2. The van der Waals surface area contributed by atoms with E-state index in [0.717, 1.165) is 11.9 Å². The predicted molar refractivity (Wildman–Crippen MR) is 93.9 cm³/mol. The van der Waals surface area contributed by atoms with Crippen LogP contribution in [0.15, 0.2) is 46.9 Å². The summed E-state index contributed by atoms with van der Waals surface area (Å²) >= 11 is 9.26. The van der Waals surface area contributed by atoms with E-state index in [1.54, 1.807) is 11.3 Å². The van der Waals surface area contributed by atoms with E-state index in [1.165, 1.54) is 25.3 Å². The highest BCUT2D eigenvalue weighted by atomic mass is 79.9. The van der Waals surface area contributed by atoms with Crippen LogP contribution in [0.2, 0.25) is 0 Å². The van der Waals surface area contributed by atoms with Gasteiger partial charge in [0.05, 0.1) is 15.2 Å². The number of para-hydroxylation sites is 1. The van der Waals surface area contributed by atoms with E-state index < -0.39 is 0 Å². The molecule has 0 saturated heterocycles. The van der Waals surface area contributed by atoms with Crippen molar-refractivity contribution < 1.29 is 0 Å². The van der Waals surface area contributed by atoms with Crippen LogP contribution in [0, 0.1) is 6.92 Å². The summed E-state index contributed by atoms with van der Waals surface area (Å²) in [6, 6.07) is 14.7. The summed E-state index contributed by atoms with van der Waals surface area (Å²) in [4.78, 5) is 4.98. The van der Waals surface area contributed by atoms with Crippen LogP contribution in [0.5, 0.6) is 0 Å². The van der Waals surface area contributed by atoms with Gasteiger partial charge < -0.3 is 0 Å². The molecule has 0 radical (unpaired) electrons. The number of benzene rings is 2. The lowest BCUT2D eigenvalue weighted by Gasteiger charge is -2.12. The van der Waals surface area contributed by atoms with Crippen LogP contribution >= 0.6 is 43.2 Å². The van der Waals surface area contributed by atoms with Gasteiger partial charge in [-0.25, -0.2) is 4.98 Å². The lowest BCUT2D eigenvalue weighted by atomic mass is 10.1. The number of rotatable bonds is 3. The molecule has 1 unspecified atom stereocenters. The Morgan fingerprint density at radius 3 is 2.75 bits per heavy atom. The summed E-state index contributed by atoms with van der Waals surface area (Å²) in [5, 5.41) is 1.17. The van der Waals surface area contributed by atoms with Crippen molar-refractivity contribution >= 4 is 53.4 Å². The van der Waals surface area contributed by atoms with Crippen molar-refractivity contribution in [2.45, 2.75) is 18.2 Å². The molecule has 1 heterocycles. The second-order valence-corrected chi connectivity index (χ2v) is 7.74. The number of alkyl halides is 1. The second kappa shape index (κ2) is 5.96. The zero-order valence-corrected chi connectivity index (χ0v) is 14.9. The fraction of sp³-hybridized carbons (Fsp3) is 0.188. The van der Waals surface area contributed by atoms with E-state index in [1.807, 2.05) is 6.07 Å². The van der Waals surface area contributed by atoms with E-state index in [9.17, 15) is 0 Å². The second-order valence-electron chi connectivity index (χ2n) is 4.73. The minimum Gasteiger partial charge on any atom is -0.241 e. The van der Waals surface area contributed by atoms with Crippen LogP contribution in [0.1, 0.15) is 21.0 Å². The molecule has 0 spiro atoms. The highest BCUT2D eigenvalue weighted by Crippen LogP contribution is 2.35. The maximum Gasteiger partial charge on any atom is 0.0953 e. The van der Waals surface area contributed by atoms with Gasteiger partial charge in [0.2, 0.25) is 0 Å². The highest BCUT2D eigenvalue weighted by Gasteiger charge is 2.15. The number of thiazole rings is 1. The maximum atomic E-state index is 4.70. The molecule has 2 aromatic carbocycles. The Hall–Kier alpha value is -0.710. The molecule has 20 heavy (non-hydrogen) atoms. The van der Waals surface area contributed by atoms with Crippen LogP contribution in [0.25, 0.3) is 10.2 Å². The van der Waals surface area contributed by atoms with Crippen molar-refractivity contribution in [2.75, 3.05) is 0 Å². The number of fused-ring (bicyclic) bond motifs is 1. The third kappa shape index (κ3) is 2.83. The molecule has 0 amide bonds. The van der Waals surface area contributed by atoms with E-state index >= 15 is 0 Å². The minimum absolute atomic E-state index is 0.275. The zero-order chi connectivity index (χ0) is 14.1. The van der Waals surface area contributed by atoms with Gasteiger partial charge in [-0.05, 0) is 30.2 Å². The molecular weight excluding hydrogens is 398 g/mol. The lowest BCUT2D eigenvalue weighted by Crippen LogP contribution is -1.97. The molecule has 102 valence electrons. The average molecular weight is 411 g/mol. The van der Waals surface area contributed by atoms with Gasteiger partial charge in [0.25, 0.3) is 0 Å². The third-order valence-corrected chi connectivity index (χ3v) is 6.21. The molecule has 0 N–H and O–H groups in total. The molecule has 1 nitrogen and oxygen atoms in total. The molecule has 0 fully saturated rings. The van der Waals surface area contributed by atoms with Gasteiger partial charge >= 0.3 is 0 Å². The van der Waals surface area contributed by atoms with Crippen LogP contribution in [0.3, 0.4) is 0 Å². The number of nitrogens with zero attached hydrogens (tertiary/aromatic N) is 1. The Morgan fingerprint density at radius 1 is 1.15 bits per heavy atom. The molecule has 0 aliphatic rings. The maximum absolute atomic E-state index is 4.70. The van der Waals surface area contributed by atoms with Gasteiger partial charge in [-0.3, -0.25) is 0 Å². The molecule has 3 rings (SSSR count). The molecule has 3 aromatic rings. The lowest BCUT2D eigenvalue weighted by molar-refractivity contribution is 0.931. The first-order valence-corrected chi connectivity index (χ1v) is 8.91. The van der Waals surface area contributed by atoms with Crippen LogP contribution in [-0.2, 0) is 6.42 Å². The molecule has 1 atom stereocenters. The van der Waals surface area contributed by atoms with Gasteiger partial charge in [-0.1, -0.05) is 62.2 Å². The number of aryl methyl sites for hydroxylation is 1. The Morgan fingerprint density at radius 2 is 1.95 bits per heavy atom. The standard InChI is InChI=1S/C16H13Br2NS/c1-10-5-4-6-11(16(10)18)12(17)9-15-19-13-7-2-3-8-14(13)20-15/h2-8,12H,9H2,1H3. The summed E-state index contributed by atoms with van der Waals surface area (Å²) in [6.45, 7) is 2.12. The molecule has 1 aromatic heterocycles. The Labute approximate surface area is 139 Å².